The highest BCUT2D eigenvalue weighted by Gasteiger charge is 2.43. The van der Waals surface area contributed by atoms with Crippen LogP contribution in [0.25, 0.3) is 0 Å². The lowest BCUT2D eigenvalue weighted by Crippen LogP contribution is -2.26. The number of aliphatic hydroxyl groups is 3. The van der Waals surface area contributed by atoms with Gasteiger partial charge in [0, 0.05) is 0 Å². The van der Waals surface area contributed by atoms with E-state index in [2.05, 4.69) is 0 Å². The summed E-state index contributed by atoms with van der Waals surface area (Å²) in [4.78, 5) is 21.3. The quantitative estimate of drug-likeness (QED) is 0.299. The van der Waals surface area contributed by atoms with Crippen molar-refractivity contribution in [3.05, 3.63) is 0 Å². The molecule has 1 aliphatic carbocycles. The van der Waals surface area contributed by atoms with E-state index in [1.54, 1.807) is 0 Å². The van der Waals surface area contributed by atoms with Gasteiger partial charge in [0.25, 0.3) is 0 Å². The Bertz CT molecular complexity index is 197. The Hall–Kier alpha value is -0.780. The molecule has 0 bridgehead atoms. The molecule has 11 heavy (non-hydrogen) atoms. The Balaban J connectivity index is 2.75. The van der Waals surface area contributed by atoms with Gasteiger partial charge in [-0.1, -0.05) is 0 Å². The highest BCUT2D eigenvalue weighted by atomic mass is 16.5. The van der Waals surface area contributed by atoms with Gasteiger partial charge in [-0.25, -0.2) is 0 Å². The molecule has 2 atom stereocenters. The monoisotopic (exact) mass is 160 g/mol. The highest BCUT2D eigenvalue weighted by molar-refractivity contribution is 6.41. The Morgan fingerprint density at radius 2 is 1.82 bits per heavy atom. The minimum Gasteiger partial charge on any atom is -0.385 e. The lowest BCUT2D eigenvalue weighted by Gasteiger charge is -2.07. The molecule has 1 aliphatic rings. The Morgan fingerprint density at radius 1 is 1.27 bits per heavy atom. The molecular formula is C6H8O5. The molecular weight excluding hydrogens is 152 g/mol. The standard InChI is InChI=1S/C6H8O5/c7-3-1-2(6(10)11)4(8)5(3)9/h2-3,6-7,10-11H,1H2. The highest BCUT2D eigenvalue weighted by Crippen LogP contribution is 2.21. The second kappa shape index (κ2) is 2.69. The minimum absolute atomic E-state index is 0.185. The van der Waals surface area contributed by atoms with E-state index in [4.69, 9.17) is 15.3 Å². The first kappa shape index (κ1) is 8.32. The van der Waals surface area contributed by atoms with E-state index in [0.29, 0.717) is 0 Å². The smallest absolute Gasteiger partial charge is 0.227 e. The number of aliphatic hydroxyl groups excluding tert-OH is 2. The minimum atomic E-state index is -1.84. The average Bonchev–Trinajstić information content (AvgIpc) is 2.17. The number of carbonyl (C=O) groups excluding carboxylic acids is 2. The molecule has 1 saturated carbocycles. The maximum Gasteiger partial charge on any atom is 0.227 e. The topological polar surface area (TPSA) is 94.8 Å². The van der Waals surface area contributed by atoms with Crippen LogP contribution >= 0.6 is 0 Å². The van der Waals surface area contributed by atoms with Crippen molar-refractivity contribution in [2.24, 2.45) is 5.92 Å². The summed E-state index contributed by atoms with van der Waals surface area (Å²) in [6, 6.07) is 0. The third-order valence-corrected chi connectivity index (χ3v) is 1.72. The van der Waals surface area contributed by atoms with Gasteiger partial charge in [0.15, 0.2) is 6.29 Å². The van der Waals surface area contributed by atoms with Crippen LogP contribution in [0.3, 0.4) is 0 Å². The number of Topliss-reactive ketones (excluding diaryl/α,β-unsaturated/α-hetero) is 2. The van der Waals surface area contributed by atoms with E-state index < -0.39 is 29.9 Å². The van der Waals surface area contributed by atoms with Crippen molar-refractivity contribution in [1.82, 2.24) is 0 Å². The van der Waals surface area contributed by atoms with Crippen LogP contribution in [0.1, 0.15) is 6.42 Å². The molecule has 0 saturated heterocycles. The van der Waals surface area contributed by atoms with E-state index in [1.165, 1.54) is 0 Å². The number of carbonyl (C=O) groups is 2. The van der Waals surface area contributed by atoms with Crippen molar-refractivity contribution in [2.75, 3.05) is 0 Å². The van der Waals surface area contributed by atoms with Crippen LogP contribution in [-0.2, 0) is 9.59 Å². The molecule has 3 N–H and O–H groups in total. The van der Waals surface area contributed by atoms with Crippen molar-refractivity contribution in [2.45, 2.75) is 18.8 Å². The summed E-state index contributed by atoms with van der Waals surface area (Å²) in [6.07, 6.45) is -3.38. The summed E-state index contributed by atoms with van der Waals surface area (Å²) in [5.74, 6) is -2.96. The number of hydrogen-bond donors (Lipinski definition) is 3. The van der Waals surface area contributed by atoms with Crippen LogP contribution in [-0.4, -0.2) is 39.3 Å². The van der Waals surface area contributed by atoms with Gasteiger partial charge in [0.2, 0.25) is 11.6 Å². The molecule has 0 heterocycles. The summed E-state index contributed by atoms with van der Waals surface area (Å²) in [7, 11) is 0. The molecule has 2 unspecified atom stereocenters. The van der Waals surface area contributed by atoms with Gasteiger partial charge in [-0.3, -0.25) is 9.59 Å². The molecule has 1 fully saturated rings. The Labute approximate surface area is 62.3 Å². The molecule has 0 amide bonds. The maximum atomic E-state index is 10.7. The molecule has 0 aromatic heterocycles. The lowest BCUT2D eigenvalue weighted by molar-refractivity contribution is -0.145. The van der Waals surface area contributed by atoms with Crippen molar-refractivity contribution in [1.29, 1.82) is 0 Å². The lowest BCUT2D eigenvalue weighted by atomic mass is 10.1. The fourth-order valence-electron chi connectivity index (χ4n) is 1.06. The average molecular weight is 160 g/mol. The normalized spacial score (nSPS) is 32.0. The molecule has 5 heteroatoms. The van der Waals surface area contributed by atoms with E-state index in [0.717, 1.165) is 0 Å². The number of rotatable bonds is 1. The van der Waals surface area contributed by atoms with Crippen molar-refractivity contribution < 1.29 is 24.9 Å². The molecule has 0 spiro atoms. The molecule has 0 radical (unpaired) electrons. The van der Waals surface area contributed by atoms with Crippen LogP contribution < -0.4 is 0 Å². The zero-order chi connectivity index (χ0) is 8.59. The first-order chi connectivity index (χ1) is 5.04. The third-order valence-electron chi connectivity index (χ3n) is 1.72. The van der Waals surface area contributed by atoms with Gasteiger partial charge < -0.3 is 15.3 Å². The van der Waals surface area contributed by atoms with Gasteiger partial charge in [0.05, 0.1) is 5.92 Å². The molecule has 0 aromatic rings. The van der Waals surface area contributed by atoms with Crippen LogP contribution in [0.15, 0.2) is 0 Å². The molecule has 0 aliphatic heterocycles. The SMILES string of the molecule is O=C1C(=O)C(C(O)O)CC1O. The predicted molar refractivity (Wildman–Crippen MR) is 32.4 cm³/mol. The first-order valence-corrected chi connectivity index (χ1v) is 3.16. The molecule has 62 valence electrons. The summed E-state index contributed by atoms with van der Waals surface area (Å²) in [5.41, 5.74) is 0. The van der Waals surface area contributed by atoms with Crippen LogP contribution in [0, 0.1) is 5.92 Å². The molecule has 5 nitrogen and oxygen atoms in total. The predicted octanol–water partition coefficient (Wildman–Crippen LogP) is -2.18. The molecule has 0 aromatic carbocycles. The van der Waals surface area contributed by atoms with Crippen molar-refractivity contribution in [3.63, 3.8) is 0 Å². The Kier molecular flexibility index (Phi) is 2.03. The van der Waals surface area contributed by atoms with Gasteiger partial charge in [0.1, 0.15) is 6.10 Å². The van der Waals surface area contributed by atoms with Crippen LogP contribution in [0.4, 0.5) is 0 Å². The molecule has 1 rings (SSSR count). The summed E-state index contributed by atoms with van der Waals surface area (Å²) >= 11 is 0. The van der Waals surface area contributed by atoms with E-state index in [-0.39, 0.29) is 6.42 Å². The second-order valence-electron chi connectivity index (χ2n) is 2.50. The van der Waals surface area contributed by atoms with Gasteiger partial charge in [-0.15, -0.1) is 0 Å². The third kappa shape index (κ3) is 1.30. The summed E-state index contributed by atoms with van der Waals surface area (Å²) in [6.45, 7) is 0. The van der Waals surface area contributed by atoms with Gasteiger partial charge in [-0.05, 0) is 6.42 Å². The number of hydrogen-bond acceptors (Lipinski definition) is 5. The van der Waals surface area contributed by atoms with Crippen LogP contribution in [0.2, 0.25) is 0 Å². The Morgan fingerprint density at radius 3 is 2.00 bits per heavy atom. The van der Waals surface area contributed by atoms with Crippen LogP contribution in [0.5, 0.6) is 0 Å². The van der Waals surface area contributed by atoms with E-state index in [9.17, 15) is 9.59 Å². The van der Waals surface area contributed by atoms with Gasteiger partial charge >= 0.3 is 0 Å². The van der Waals surface area contributed by atoms with E-state index in [1.807, 2.05) is 0 Å². The van der Waals surface area contributed by atoms with E-state index >= 15 is 0 Å². The number of ketones is 2. The largest absolute Gasteiger partial charge is 0.385 e. The summed E-state index contributed by atoms with van der Waals surface area (Å²) in [5, 5.41) is 25.9. The fraction of sp³-hybridized carbons (Fsp3) is 0.667. The fourth-order valence-corrected chi connectivity index (χ4v) is 1.06. The maximum absolute atomic E-state index is 10.7. The van der Waals surface area contributed by atoms with Crippen molar-refractivity contribution in [3.8, 4) is 0 Å². The van der Waals surface area contributed by atoms with Gasteiger partial charge in [-0.2, -0.15) is 0 Å². The first-order valence-electron chi connectivity index (χ1n) is 3.16. The zero-order valence-corrected chi connectivity index (χ0v) is 5.60. The van der Waals surface area contributed by atoms with Crippen molar-refractivity contribution >= 4 is 11.6 Å². The zero-order valence-electron chi connectivity index (χ0n) is 5.60. The second-order valence-corrected chi connectivity index (χ2v) is 2.50. The summed E-state index contributed by atoms with van der Waals surface area (Å²) < 4.78 is 0.